The van der Waals surface area contributed by atoms with Crippen molar-refractivity contribution in [2.45, 2.75) is 46.8 Å². The first-order valence-corrected chi connectivity index (χ1v) is 8.57. The van der Waals surface area contributed by atoms with Crippen molar-refractivity contribution in [2.24, 2.45) is 7.05 Å². The number of nitrogens with zero attached hydrogens (tertiary/aromatic N) is 3. The Labute approximate surface area is 144 Å². The molecule has 3 rings (SSSR count). The average Bonchev–Trinajstić information content (AvgIpc) is 2.80. The predicted molar refractivity (Wildman–Crippen MR) is 94.5 cm³/mol. The van der Waals surface area contributed by atoms with Gasteiger partial charge in [0.2, 0.25) is 0 Å². The molecule has 0 saturated heterocycles. The third-order valence-electron chi connectivity index (χ3n) is 4.74. The van der Waals surface area contributed by atoms with Crippen LogP contribution in [0.5, 0.6) is 11.5 Å². The molecule has 24 heavy (non-hydrogen) atoms. The number of aromatic nitrogens is 2. The van der Waals surface area contributed by atoms with Crippen LogP contribution in [0.4, 0.5) is 0 Å². The Morgan fingerprint density at radius 1 is 1.12 bits per heavy atom. The summed E-state index contributed by atoms with van der Waals surface area (Å²) in [7, 11) is 2.01. The molecule has 0 bridgehead atoms. The van der Waals surface area contributed by atoms with Gasteiger partial charge >= 0.3 is 0 Å². The number of rotatable bonds is 5. The van der Waals surface area contributed by atoms with Crippen molar-refractivity contribution in [1.29, 1.82) is 0 Å². The Balaban J connectivity index is 1.79. The molecule has 130 valence electrons. The summed E-state index contributed by atoms with van der Waals surface area (Å²) in [6.45, 7) is 11.7. The lowest BCUT2D eigenvalue weighted by molar-refractivity contribution is 0.170. The third-order valence-corrected chi connectivity index (χ3v) is 4.74. The molecule has 0 amide bonds. The smallest absolute Gasteiger partial charge is 0.161 e. The van der Waals surface area contributed by atoms with Crippen molar-refractivity contribution in [2.75, 3.05) is 13.2 Å². The number of aryl methyl sites for hydroxylation is 2. The van der Waals surface area contributed by atoms with E-state index in [4.69, 9.17) is 9.47 Å². The minimum absolute atomic E-state index is 0.442. The van der Waals surface area contributed by atoms with E-state index in [-0.39, 0.29) is 0 Å². The summed E-state index contributed by atoms with van der Waals surface area (Å²) in [5.74, 6) is 1.70. The van der Waals surface area contributed by atoms with Crippen molar-refractivity contribution < 1.29 is 9.47 Å². The average molecular weight is 329 g/mol. The lowest BCUT2D eigenvalue weighted by Crippen LogP contribution is -2.30. The largest absolute Gasteiger partial charge is 0.486 e. The second kappa shape index (κ2) is 6.85. The molecule has 0 spiro atoms. The Bertz CT molecular complexity index is 722. The highest BCUT2D eigenvalue weighted by molar-refractivity contribution is 5.43. The highest BCUT2D eigenvalue weighted by Crippen LogP contribution is 2.31. The topological polar surface area (TPSA) is 39.5 Å². The minimum Gasteiger partial charge on any atom is -0.486 e. The highest BCUT2D eigenvalue weighted by atomic mass is 16.6. The third kappa shape index (κ3) is 3.41. The molecule has 0 fully saturated rings. The minimum atomic E-state index is 0.442. The van der Waals surface area contributed by atoms with Gasteiger partial charge in [0.1, 0.15) is 13.2 Å². The molecule has 0 aliphatic carbocycles. The van der Waals surface area contributed by atoms with Crippen LogP contribution in [0.1, 0.15) is 36.4 Å². The van der Waals surface area contributed by atoms with Crippen molar-refractivity contribution in [3.05, 3.63) is 40.7 Å². The van der Waals surface area contributed by atoms with E-state index in [0.717, 1.165) is 30.3 Å². The maximum absolute atomic E-state index is 5.71. The van der Waals surface area contributed by atoms with Gasteiger partial charge in [0.15, 0.2) is 11.5 Å². The van der Waals surface area contributed by atoms with Crippen LogP contribution < -0.4 is 9.47 Å². The maximum Gasteiger partial charge on any atom is 0.161 e. The number of fused-ring (bicyclic) bond motifs is 1. The molecule has 5 nitrogen and oxygen atoms in total. The standard InChI is InChI=1S/C19H27N3O2/c1-13(2)22(12-17-14(3)20-21(5)15(17)4)11-16-6-7-18-19(10-16)24-9-8-23-18/h6-7,10,13H,8-9,11-12H2,1-5H3. The van der Waals surface area contributed by atoms with E-state index in [1.54, 1.807) is 0 Å². The van der Waals surface area contributed by atoms with Crippen LogP contribution in [0.2, 0.25) is 0 Å². The van der Waals surface area contributed by atoms with E-state index >= 15 is 0 Å². The van der Waals surface area contributed by atoms with Crippen molar-refractivity contribution in [3.8, 4) is 11.5 Å². The molecule has 1 aromatic heterocycles. The summed E-state index contributed by atoms with van der Waals surface area (Å²) in [4.78, 5) is 2.46. The van der Waals surface area contributed by atoms with Crippen LogP contribution in [0, 0.1) is 13.8 Å². The van der Waals surface area contributed by atoms with E-state index in [1.165, 1.54) is 16.8 Å². The number of hydrogen-bond acceptors (Lipinski definition) is 4. The molecule has 0 N–H and O–H groups in total. The van der Waals surface area contributed by atoms with Crippen LogP contribution in [0.3, 0.4) is 0 Å². The summed E-state index contributed by atoms with van der Waals surface area (Å²) >= 11 is 0. The van der Waals surface area contributed by atoms with Gasteiger partial charge in [0.25, 0.3) is 0 Å². The van der Waals surface area contributed by atoms with Gasteiger partial charge in [-0.15, -0.1) is 0 Å². The van der Waals surface area contributed by atoms with E-state index in [1.807, 2.05) is 17.8 Å². The summed E-state index contributed by atoms with van der Waals surface area (Å²) in [6.07, 6.45) is 0. The van der Waals surface area contributed by atoms with Crippen LogP contribution in [0.15, 0.2) is 18.2 Å². The first-order chi connectivity index (χ1) is 11.5. The molecular weight excluding hydrogens is 302 g/mol. The first-order valence-electron chi connectivity index (χ1n) is 8.57. The Morgan fingerprint density at radius 3 is 2.46 bits per heavy atom. The normalized spacial score (nSPS) is 13.8. The molecule has 1 aliphatic heterocycles. The second-order valence-corrected chi connectivity index (χ2v) is 6.75. The molecule has 1 aromatic carbocycles. The van der Waals surface area contributed by atoms with Crippen LogP contribution in [-0.4, -0.2) is 33.9 Å². The zero-order valence-corrected chi connectivity index (χ0v) is 15.3. The number of hydrogen-bond donors (Lipinski definition) is 0. The van der Waals surface area contributed by atoms with E-state index < -0.39 is 0 Å². The molecule has 0 unspecified atom stereocenters. The van der Waals surface area contributed by atoms with Gasteiger partial charge in [0.05, 0.1) is 5.69 Å². The van der Waals surface area contributed by atoms with Gasteiger partial charge in [-0.2, -0.15) is 5.10 Å². The highest BCUT2D eigenvalue weighted by Gasteiger charge is 2.18. The monoisotopic (exact) mass is 329 g/mol. The molecule has 2 heterocycles. The summed E-state index contributed by atoms with van der Waals surface area (Å²) in [6, 6.07) is 6.69. The Morgan fingerprint density at radius 2 is 1.83 bits per heavy atom. The van der Waals surface area contributed by atoms with Crippen molar-refractivity contribution in [3.63, 3.8) is 0 Å². The van der Waals surface area contributed by atoms with Gasteiger partial charge in [0, 0.05) is 37.4 Å². The quantitative estimate of drug-likeness (QED) is 0.844. The fourth-order valence-corrected chi connectivity index (χ4v) is 3.09. The molecule has 2 aromatic rings. The van der Waals surface area contributed by atoms with Crippen LogP contribution >= 0.6 is 0 Å². The SMILES string of the molecule is Cc1nn(C)c(C)c1CN(Cc1ccc2c(c1)OCCO2)C(C)C. The summed E-state index contributed by atoms with van der Waals surface area (Å²) in [5.41, 5.74) is 4.92. The summed E-state index contributed by atoms with van der Waals surface area (Å²) in [5, 5.41) is 4.54. The Kier molecular flexibility index (Phi) is 4.81. The van der Waals surface area contributed by atoms with E-state index in [9.17, 15) is 0 Å². The Hall–Kier alpha value is -2.01. The second-order valence-electron chi connectivity index (χ2n) is 6.75. The van der Waals surface area contributed by atoms with Gasteiger partial charge in [-0.25, -0.2) is 0 Å². The molecular formula is C19H27N3O2. The number of benzene rings is 1. The van der Waals surface area contributed by atoms with Gasteiger partial charge in [-0.05, 0) is 45.4 Å². The van der Waals surface area contributed by atoms with E-state index in [2.05, 4.69) is 49.8 Å². The first kappa shape index (κ1) is 16.8. The molecule has 5 heteroatoms. The lowest BCUT2D eigenvalue weighted by atomic mass is 10.1. The predicted octanol–water partition coefficient (Wildman–Crippen LogP) is 3.22. The molecule has 0 atom stereocenters. The molecule has 0 saturated carbocycles. The van der Waals surface area contributed by atoms with Crippen molar-refractivity contribution >= 4 is 0 Å². The van der Waals surface area contributed by atoms with Crippen LogP contribution in [0.25, 0.3) is 0 Å². The van der Waals surface area contributed by atoms with Crippen molar-refractivity contribution in [1.82, 2.24) is 14.7 Å². The van der Waals surface area contributed by atoms with Gasteiger partial charge < -0.3 is 9.47 Å². The molecule has 1 aliphatic rings. The van der Waals surface area contributed by atoms with Crippen LogP contribution in [-0.2, 0) is 20.1 Å². The van der Waals surface area contributed by atoms with Gasteiger partial charge in [-0.3, -0.25) is 9.58 Å². The summed E-state index contributed by atoms with van der Waals surface area (Å²) < 4.78 is 13.3. The van der Waals surface area contributed by atoms with E-state index in [0.29, 0.717) is 19.3 Å². The molecule has 0 radical (unpaired) electrons. The fraction of sp³-hybridized carbons (Fsp3) is 0.526. The van der Waals surface area contributed by atoms with Gasteiger partial charge in [-0.1, -0.05) is 6.07 Å². The maximum atomic E-state index is 5.71. The zero-order valence-electron chi connectivity index (χ0n) is 15.3. The fourth-order valence-electron chi connectivity index (χ4n) is 3.09. The number of ether oxygens (including phenoxy) is 2. The zero-order chi connectivity index (χ0) is 17.3. The lowest BCUT2D eigenvalue weighted by Gasteiger charge is -2.27.